The van der Waals surface area contributed by atoms with Gasteiger partial charge >= 0.3 is 0 Å². The molecule has 0 spiro atoms. The van der Waals surface area contributed by atoms with Crippen LogP contribution in [0.3, 0.4) is 0 Å². The lowest BCUT2D eigenvalue weighted by Gasteiger charge is -2.22. The van der Waals surface area contributed by atoms with E-state index in [9.17, 15) is 5.26 Å². The molecule has 0 aliphatic heterocycles. The van der Waals surface area contributed by atoms with Crippen molar-refractivity contribution in [2.45, 2.75) is 32.7 Å². The minimum absolute atomic E-state index is 0.543. The van der Waals surface area contributed by atoms with Gasteiger partial charge in [0, 0.05) is 22.5 Å². The first-order chi connectivity index (χ1) is 9.70. The fraction of sp³-hybridized carbons (Fsp3) is 0.389. The quantitative estimate of drug-likeness (QED) is 0.863. The second-order valence-electron chi connectivity index (χ2n) is 5.98. The summed E-state index contributed by atoms with van der Waals surface area (Å²) in [5.74, 6) is 1.49. The molecule has 20 heavy (non-hydrogen) atoms. The van der Waals surface area contributed by atoms with Crippen LogP contribution in [0.4, 0.5) is 5.69 Å². The number of anilines is 1. The monoisotopic (exact) mass is 264 g/mol. The van der Waals surface area contributed by atoms with E-state index in [1.165, 1.54) is 12.8 Å². The predicted octanol–water partition coefficient (Wildman–Crippen LogP) is 4.56. The van der Waals surface area contributed by atoms with E-state index in [0.717, 1.165) is 27.9 Å². The maximum atomic E-state index is 9.22. The zero-order chi connectivity index (χ0) is 14.1. The maximum Gasteiger partial charge on any atom is 0.0998 e. The fourth-order valence-electron chi connectivity index (χ4n) is 3.29. The number of rotatable bonds is 2. The van der Waals surface area contributed by atoms with E-state index in [1.54, 1.807) is 0 Å². The lowest BCUT2D eigenvalue weighted by Crippen LogP contribution is -2.24. The molecule has 102 valence electrons. The Morgan fingerprint density at radius 1 is 1.05 bits per heavy atom. The van der Waals surface area contributed by atoms with Crippen LogP contribution in [-0.4, -0.2) is 6.04 Å². The number of nitriles is 1. The Bertz CT molecular complexity index is 669. The number of fused-ring (bicyclic) bond motifs is 1. The van der Waals surface area contributed by atoms with Gasteiger partial charge in [-0.3, -0.25) is 0 Å². The third-order valence-electron chi connectivity index (χ3n) is 4.85. The number of nitrogens with zero attached hydrogens (tertiary/aromatic N) is 1. The van der Waals surface area contributed by atoms with Crippen LogP contribution in [0.15, 0.2) is 36.4 Å². The average Bonchev–Trinajstić information content (AvgIpc) is 2.79. The van der Waals surface area contributed by atoms with E-state index >= 15 is 0 Å². The van der Waals surface area contributed by atoms with Crippen molar-refractivity contribution in [3.63, 3.8) is 0 Å². The average molecular weight is 264 g/mol. The Kier molecular flexibility index (Phi) is 3.36. The summed E-state index contributed by atoms with van der Waals surface area (Å²) in [6.45, 7) is 4.67. The molecule has 3 rings (SSSR count). The molecule has 1 aliphatic rings. The molecule has 1 fully saturated rings. The lowest BCUT2D eigenvalue weighted by atomic mass is 9.97. The first-order valence-corrected chi connectivity index (χ1v) is 7.39. The zero-order valence-corrected chi connectivity index (χ0v) is 12.1. The van der Waals surface area contributed by atoms with Crippen LogP contribution in [0.1, 0.15) is 32.3 Å². The number of nitrogens with one attached hydrogen (secondary N) is 1. The highest BCUT2D eigenvalue weighted by atomic mass is 14.9. The van der Waals surface area contributed by atoms with Gasteiger partial charge in [0.05, 0.1) is 11.6 Å². The maximum absolute atomic E-state index is 9.22. The van der Waals surface area contributed by atoms with Crippen LogP contribution in [0.5, 0.6) is 0 Å². The summed E-state index contributed by atoms with van der Waals surface area (Å²) in [4.78, 5) is 0. The number of benzene rings is 2. The molecular weight excluding hydrogens is 244 g/mol. The van der Waals surface area contributed by atoms with E-state index in [2.05, 4.69) is 37.4 Å². The minimum atomic E-state index is 0.543. The molecule has 0 aromatic heterocycles. The summed E-state index contributed by atoms with van der Waals surface area (Å²) < 4.78 is 0. The van der Waals surface area contributed by atoms with Crippen molar-refractivity contribution < 1.29 is 0 Å². The second-order valence-corrected chi connectivity index (χ2v) is 5.98. The molecule has 2 aromatic carbocycles. The van der Waals surface area contributed by atoms with E-state index in [4.69, 9.17) is 0 Å². The van der Waals surface area contributed by atoms with Crippen molar-refractivity contribution in [3.05, 3.63) is 42.0 Å². The molecule has 2 heteroatoms. The molecule has 2 nitrogen and oxygen atoms in total. The third kappa shape index (κ3) is 2.14. The molecule has 1 N–H and O–H groups in total. The van der Waals surface area contributed by atoms with Crippen LogP contribution in [-0.2, 0) is 0 Å². The first-order valence-electron chi connectivity index (χ1n) is 7.39. The van der Waals surface area contributed by atoms with Gasteiger partial charge < -0.3 is 5.32 Å². The van der Waals surface area contributed by atoms with Gasteiger partial charge in [0.15, 0.2) is 0 Å². The van der Waals surface area contributed by atoms with Crippen molar-refractivity contribution in [2.24, 2.45) is 11.8 Å². The van der Waals surface area contributed by atoms with Gasteiger partial charge in [0.2, 0.25) is 0 Å². The molecule has 3 atom stereocenters. The Morgan fingerprint density at radius 3 is 2.45 bits per heavy atom. The Balaban J connectivity index is 1.99. The first kappa shape index (κ1) is 13.0. The number of hydrogen-bond donors (Lipinski definition) is 1. The van der Waals surface area contributed by atoms with Gasteiger partial charge in [0.1, 0.15) is 0 Å². The summed E-state index contributed by atoms with van der Waals surface area (Å²) in [5.41, 5.74) is 1.91. The Labute approximate surface area is 120 Å². The normalized spacial score (nSPS) is 25.6. The van der Waals surface area contributed by atoms with E-state index in [0.29, 0.717) is 12.0 Å². The minimum Gasteiger partial charge on any atom is -0.382 e. The standard InChI is InChI=1S/C18H20N2/c1-12-7-9-17(13(12)2)20-18-10-8-14(11-19)15-5-3-4-6-16(15)18/h3-6,8,10,12-13,17,20H,7,9H2,1-2H3. The SMILES string of the molecule is CC1CCC(Nc2ccc(C#N)c3ccccc23)C1C. The summed E-state index contributed by atoms with van der Waals surface area (Å²) in [7, 11) is 0. The summed E-state index contributed by atoms with van der Waals surface area (Å²) in [6.07, 6.45) is 2.53. The van der Waals surface area contributed by atoms with Crippen molar-refractivity contribution in [3.8, 4) is 6.07 Å². The molecule has 2 aromatic rings. The molecular formula is C18H20N2. The van der Waals surface area contributed by atoms with Gasteiger partial charge in [0.25, 0.3) is 0 Å². The summed E-state index contributed by atoms with van der Waals surface area (Å²) in [6, 6.07) is 15.0. The topological polar surface area (TPSA) is 35.8 Å². The number of hydrogen-bond acceptors (Lipinski definition) is 2. The van der Waals surface area contributed by atoms with Gasteiger partial charge in [-0.1, -0.05) is 38.1 Å². The zero-order valence-electron chi connectivity index (χ0n) is 12.1. The molecule has 0 bridgehead atoms. The van der Waals surface area contributed by atoms with Crippen LogP contribution in [0.25, 0.3) is 10.8 Å². The smallest absolute Gasteiger partial charge is 0.0998 e. The van der Waals surface area contributed by atoms with Crippen LogP contribution < -0.4 is 5.32 Å². The van der Waals surface area contributed by atoms with Crippen LogP contribution >= 0.6 is 0 Å². The predicted molar refractivity (Wildman–Crippen MR) is 83.6 cm³/mol. The van der Waals surface area contributed by atoms with Crippen LogP contribution in [0, 0.1) is 23.2 Å². The molecule has 1 saturated carbocycles. The van der Waals surface area contributed by atoms with Gasteiger partial charge in [-0.2, -0.15) is 5.26 Å². The molecule has 0 radical (unpaired) electrons. The Hall–Kier alpha value is -2.01. The molecule has 0 heterocycles. The Morgan fingerprint density at radius 2 is 1.80 bits per heavy atom. The highest BCUT2D eigenvalue weighted by molar-refractivity contribution is 5.97. The molecule has 3 unspecified atom stereocenters. The lowest BCUT2D eigenvalue weighted by molar-refractivity contribution is 0.435. The third-order valence-corrected chi connectivity index (χ3v) is 4.85. The van der Waals surface area contributed by atoms with E-state index < -0.39 is 0 Å². The highest BCUT2D eigenvalue weighted by Crippen LogP contribution is 2.35. The van der Waals surface area contributed by atoms with E-state index in [-0.39, 0.29) is 0 Å². The van der Waals surface area contributed by atoms with Crippen molar-refractivity contribution in [2.75, 3.05) is 5.32 Å². The van der Waals surface area contributed by atoms with Crippen molar-refractivity contribution in [1.29, 1.82) is 5.26 Å². The summed E-state index contributed by atoms with van der Waals surface area (Å²) >= 11 is 0. The van der Waals surface area contributed by atoms with E-state index in [1.807, 2.05) is 24.3 Å². The summed E-state index contributed by atoms with van der Waals surface area (Å²) in [5, 5.41) is 15.1. The fourth-order valence-corrected chi connectivity index (χ4v) is 3.29. The largest absolute Gasteiger partial charge is 0.382 e. The second kappa shape index (κ2) is 5.17. The highest BCUT2D eigenvalue weighted by Gasteiger charge is 2.29. The van der Waals surface area contributed by atoms with Crippen LogP contribution in [0.2, 0.25) is 0 Å². The van der Waals surface area contributed by atoms with Crippen molar-refractivity contribution in [1.82, 2.24) is 0 Å². The molecule has 0 saturated heterocycles. The van der Waals surface area contributed by atoms with Gasteiger partial charge in [-0.05, 0) is 36.8 Å². The van der Waals surface area contributed by atoms with Crippen molar-refractivity contribution >= 4 is 16.5 Å². The molecule has 0 amide bonds. The molecule has 1 aliphatic carbocycles. The van der Waals surface area contributed by atoms with Gasteiger partial charge in [-0.15, -0.1) is 0 Å². The van der Waals surface area contributed by atoms with Gasteiger partial charge in [-0.25, -0.2) is 0 Å².